The van der Waals surface area contributed by atoms with E-state index in [4.69, 9.17) is 2.74 Å². The molecule has 0 amide bonds. The Hall–Kier alpha value is -0.780. The van der Waals surface area contributed by atoms with E-state index in [2.05, 4.69) is 20.8 Å². The highest BCUT2D eigenvalue weighted by molar-refractivity contribution is 5.26. The van der Waals surface area contributed by atoms with Gasteiger partial charge < -0.3 is 0 Å². The third-order valence-corrected chi connectivity index (χ3v) is 1.75. The minimum Gasteiger partial charge on any atom is -0.0590 e. The predicted octanol–water partition coefficient (Wildman–Crippen LogP) is 3.29. The fraction of sp³-hybridized carbons (Fsp3) is 0.455. The zero-order valence-electron chi connectivity index (χ0n) is 9.65. The summed E-state index contributed by atoms with van der Waals surface area (Å²) in [6.07, 6.45) is 0. The Kier molecular flexibility index (Phi) is 1.42. The summed E-state index contributed by atoms with van der Waals surface area (Å²) in [5, 5.41) is 0. The minimum absolute atomic E-state index is 0.0271. The number of rotatable bonds is 0. The molecule has 0 radical (unpaired) electrons. The zero-order chi connectivity index (χ0) is 10.2. The largest absolute Gasteiger partial charge is 0.0626 e. The Morgan fingerprint density at radius 1 is 1.18 bits per heavy atom. The number of hydrogen-bond donors (Lipinski definition) is 0. The van der Waals surface area contributed by atoms with Crippen LogP contribution in [0.3, 0.4) is 0 Å². The molecule has 0 unspecified atom stereocenters. The second-order valence-electron chi connectivity index (χ2n) is 3.91. The summed E-state index contributed by atoms with van der Waals surface area (Å²) >= 11 is 0. The van der Waals surface area contributed by atoms with Crippen molar-refractivity contribution in [2.45, 2.75) is 33.1 Å². The van der Waals surface area contributed by atoms with Gasteiger partial charge in [-0.15, -0.1) is 0 Å². The van der Waals surface area contributed by atoms with Gasteiger partial charge in [0.1, 0.15) is 0 Å². The van der Waals surface area contributed by atoms with Gasteiger partial charge in [0.05, 0.1) is 2.74 Å². The van der Waals surface area contributed by atoms with Gasteiger partial charge in [-0.25, -0.2) is 0 Å². The van der Waals surface area contributed by atoms with Crippen LogP contribution in [0.1, 0.15) is 34.6 Å². The first kappa shape index (κ1) is 5.82. The predicted molar refractivity (Wildman–Crippen MR) is 49.9 cm³/mol. The van der Waals surface area contributed by atoms with Gasteiger partial charge in [-0.3, -0.25) is 0 Å². The fourth-order valence-corrected chi connectivity index (χ4v) is 0.888. The first-order valence-electron chi connectivity index (χ1n) is 4.90. The average molecular weight is 150 g/mol. The topological polar surface area (TPSA) is 0 Å². The number of benzene rings is 1. The smallest absolute Gasteiger partial charge is 0.0590 e. The van der Waals surface area contributed by atoms with Gasteiger partial charge in [-0.05, 0) is 17.9 Å². The van der Waals surface area contributed by atoms with Crippen molar-refractivity contribution in [3.63, 3.8) is 0 Å². The molecule has 0 aliphatic heterocycles. The van der Waals surface area contributed by atoms with E-state index in [1.807, 2.05) is 19.1 Å². The van der Waals surface area contributed by atoms with E-state index in [9.17, 15) is 0 Å². The normalized spacial score (nSPS) is 14.2. The van der Waals surface area contributed by atoms with Crippen LogP contribution in [0.2, 0.25) is 0 Å². The lowest BCUT2D eigenvalue weighted by Gasteiger charge is -2.18. The molecule has 0 saturated carbocycles. The zero-order valence-corrected chi connectivity index (χ0v) is 7.65. The van der Waals surface area contributed by atoms with Gasteiger partial charge in [-0.2, -0.15) is 0 Å². The van der Waals surface area contributed by atoms with Gasteiger partial charge in [-0.1, -0.05) is 50.6 Å². The van der Waals surface area contributed by atoms with Crippen LogP contribution >= 0.6 is 0 Å². The van der Waals surface area contributed by atoms with Crippen LogP contribution in [-0.2, 0) is 5.41 Å². The molecule has 60 valence electrons. The Balaban J connectivity index is 3.29. The molecular weight excluding hydrogens is 132 g/mol. The van der Waals surface area contributed by atoms with Crippen LogP contribution < -0.4 is 0 Å². The van der Waals surface area contributed by atoms with Crippen molar-refractivity contribution in [1.29, 1.82) is 0 Å². The summed E-state index contributed by atoms with van der Waals surface area (Å²) in [5.41, 5.74) is 1.85. The maximum Gasteiger partial charge on any atom is 0.0626 e. The lowest BCUT2D eigenvalue weighted by Crippen LogP contribution is -2.10. The van der Waals surface area contributed by atoms with Crippen molar-refractivity contribution in [2.75, 3.05) is 0 Å². The van der Waals surface area contributed by atoms with Gasteiger partial charge in [0, 0.05) is 0 Å². The van der Waals surface area contributed by atoms with Gasteiger partial charge >= 0.3 is 0 Å². The molecule has 0 N–H and O–H groups in total. The fourth-order valence-electron chi connectivity index (χ4n) is 0.888. The molecular formula is C11H16. The Morgan fingerprint density at radius 3 is 2.00 bits per heavy atom. The summed E-state index contributed by atoms with van der Waals surface area (Å²) in [4.78, 5) is 0. The highest BCUT2D eigenvalue weighted by Gasteiger charge is 2.11. The minimum atomic E-state index is 0.0271. The van der Waals surface area contributed by atoms with Crippen LogP contribution in [0, 0.1) is 6.92 Å². The molecule has 0 fully saturated rings. The quantitative estimate of drug-likeness (QED) is 0.532. The molecule has 0 heterocycles. The van der Waals surface area contributed by atoms with Gasteiger partial charge in [0.25, 0.3) is 0 Å². The van der Waals surface area contributed by atoms with Crippen molar-refractivity contribution in [3.05, 3.63) is 35.3 Å². The molecule has 11 heavy (non-hydrogen) atoms. The molecule has 1 rings (SSSR count). The first-order chi connectivity index (χ1) is 5.82. The molecule has 0 saturated heterocycles. The molecule has 0 aromatic heterocycles. The lowest BCUT2D eigenvalue weighted by molar-refractivity contribution is 0.590. The summed E-state index contributed by atoms with van der Waals surface area (Å²) in [6, 6.07) is 4.65. The van der Waals surface area contributed by atoms with E-state index < -0.39 is 0 Å². The molecule has 0 nitrogen and oxygen atoms in total. The lowest BCUT2D eigenvalue weighted by atomic mass is 9.87. The summed E-state index contributed by atoms with van der Waals surface area (Å²) in [6.45, 7) is 8.10. The third-order valence-electron chi connectivity index (χ3n) is 1.75. The molecule has 0 spiro atoms. The van der Waals surface area contributed by atoms with Crippen LogP contribution in [0.15, 0.2) is 24.2 Å². The SMILES string of the molecule is [2H]c1cc(C(C)(C)C)cc([2H])c1C. The van der Waals surface area contributed by atoms with Crippen molar-refractivity contribution in [1.82, 2.24) is 0 Å². The van der Waals surface area contributed by atoms with Crippen LogP contribution in [0.25, 0.3) is 0 Å². The van der Waals surface area contributed by atoms with Crippen LogP contribution in [0.5, 0.6) is 0 Å². The molecule has 0 aliphatic rings. The second-order valence-corrected chi connectivity index (χ2v) is 3.91. The Morgan fingerprint density at radius 2 is 1.64 bits per heavy atom. The second kappa shape index (κ2) is 2.69. The molecule has 1 aromatic rings. The molecule has 0 aliphatic carbocycles. The number of hydrogen-bond acceptors (Lipinski definition) is 0. The standard InChI is InChI=1S/C11H16/c1-9-5-7-10(8-6-9)11(2,3)4/h5-8H,1-4H3/i5D,6D. The van der Waals surface area contributed by atoms with Crippen LogP contribution in [0.4, 0.5) is 0 Å². The van der Waals surface area contributed by atoms with E-state index in [1.54, 1.807) is 0 Å². The van der Waals surface area contributed by atoms with E-state index in [0.717, 1.165) is 11.1 Å². The third kappa shape index (κ3) is 2.07. The monoisotopic (exact) mass is 150 g/mol. The Bertz CT molecular complexity index is 298. The van der Waals surface area contributed by atoms with Gasteiger partial charge in [0.15, 0.2) is 0 Å². The van der Waals surface area contributed by atoms with Crippen molar-refractivity contribution < 1.29 is 2.74 Å². The molecule has 0 atom stereocenters. The van der Waals surface area contributed by atoms with Crippen molar-refractivity contribution in [3.8, 4) is 0 Å². The van der Waals surface area contributed by atoms with Crippen molar-refractivity contribution >= 4 is 0 Å². The molecule has 1 aromatic carbocycles. The molecule has 0 heteroatoms. The van der Waals surface area contributed by atoms with E-state index >= 15 is 0 Å². The maximum atomic E-state index is 7.66. The average Bonchev–Trinajstić information content (AvgIpc) is 1.97. The first-order valence-corrected chi connectivity index (χ1v) is 3.90. The summed E-state index contributed by atoms with van der Waals surface area (Å²) in [7, 11) is 0. The summed E-state index contributed by atoms with van der Waals surface area (Å²) in [5.74, 6) is 0. The summed E-state index contributed by atoms with van der Waals surface area (Å²) < 4.78 is 15.3. The van der Waals surface area contributed by atoms with Crippen LogP contribution in [-0.4, -0.2) is 0 Å². The highest BCUT2D eigenvalue weighted by Crippen LogP contribution is 2.21. The van der Waals surface area contributed by atoms with E-state index in [0.29, 0.717) is 12.1 Å². The van der Waals surface area contributed by atoms with Crippen molar-refractivity contribution in [2.24, 2.45) is 0 Å². The Labute approximate surface area is 72.1 Å². The maximum absolute atomic E-state index is 7.66. The van der Waals surface area contributed by atoms with E-state index in [1.165, 1.54) is 0 Å². The molecule has 0 bridgehead atoms. The highest BCUT2D eigenvalue weighted by atomic mass is 14.2. The van der Waals surface area contributed by atoms with E-state index in [-0.39, 0.29) is 5.41 Å². The van der Waals surface area contributed by atoms with Gasteiger partial charge in [0.2, 0.25) is 0 Å².